The minimum Gasteiger partial charge on any atom is -0.497 e. The number of nitrogens with two attached hydrogens (primary N) is 1. The molecule has 32 heavy (non-hydrogen) atoms. The van der Waals surface area contributed by atoms with E-state index in [1.807, 2.05) is 31.3 Å². The van der Waals surface area contributed by atoms with E-state index in [2.05, 4.69) is 22.4 Å². The molecule has 166 valence electrons. The van der Waals surface area contributed by atoms with Crippen LogP contribution in [0.15, 0.2) is 77.8 Å². The molecule has 0 saturated carbocycles. The SMILES string of the molecule is CNCc1ccc(COc2ccc(C(N)=NC(=O)OCc3ccc(OC)cc3)cc2)cc1. The van der Waals surface area contributed by atoms with Gasteiger partial charge in [0.2, 0.25) is 0 Å². The third-order valence-electron chi connectivity index (χ3n) is 4.69. The first-order valence-electron chi connectivity index (χ1n) is 10.2. The van der Waals surface area contributed by atoms with E-state index in [0.29, 0.717) is 17.9 Å². The van der Waals surface area contributed by atoms with Gasteiger partial charge in [-0.3, -0.25) is 0 Å². The zero-order chi connectivity index (χ0) is 22.8. The maximum absolute atomic E-state index is 12.0. The third kappa shape index (κ3) is 6.85. The van der Waals surface area contributed by atoms with Crippen molar-refractivity contribution < 1.29 is 19.0 Å². The zero-order valence-electron chi connectivity index (χ0n) is 18.2. The number of carbonyl (C=O) groups excluding carboxylic acids is 1. The first kappa shape index (κ1) is 22.8. The second-order valence-electron chi connectivity index (χ2n) is 7.06. The molecule has 0 atom stereocenters. The summed E-state index contributed by atoms with van der Waals surface area (Å²) in [7, 11) is 3.51. The molecule has 0 bridgehead atoms. The summed E-state index contributed by atoms with van der Waals surface area (Å²) >= 11 is 0. The Balaban J connectivity index is 1.50. The average Bonchev–Trinajstić information content (AvgIpc) is 2.83. The van der Waals surface area contributed by atoms with Gasteiger partial charge in [0.15, 0.2) is 0 Å². The zero-order valence-corrected chi connectivity index (χ0v) is 18.2. The van der Waals surface area contributed by atoms with Gasteiger partial charge >= 0.3 is 6.09 Å². The van der Waals surface area contributed by atoms with Gasteiger partial charge in [0.05, 0.1) is 7.11 Å². The van der Waals surface area contributed by atoms with Gasteiger partial charge in [0.1, 0.15) is 30.5 Å². The lowest BCUT2D eigenvalue weighted by atomic mass is 10.1. The van der Waals surface area contributed by atoms with Crippen LogP contribution in [-0.4, -0.2) is 26.1 Å². The molecule has 0 aliphatic rings. The Morgan fingerprint density at radius 1 is 0.844 bits per heavy atom. The number of rotatable bonds is 9. The monoisotopic (exact) mass is 433 g/mol. The fraction of sp³-hybridized carbons (Fsp3) is 0.200. The number of hydrogen-bond donors (Lipinski definition) is 2. The Kier molecular flexibility index (Phi) is 8.22. The van der Waals surface area contributed by atoms with Crippen molar-refractivity contribution in [3.63, 3.8) is 0 Å². The number of amides is 1. The topological polar surface area (TPSA) is 95.2 Å². The standard InChI is InChI=1S/C25H27N3O4/c1-27-15-18-3-5-19(6-4-18)16-31-23-13-9-21(10-14-23)24(26)28-25(29)32-17-20-7-11-22(30-2)12-8-20/h3-14,27H,15-17H2,1-2H3,(H2,26,28,29). The number of methoxy groups -OCH3 is 1. The third-order valence-corrected chi connectivity index (χ3v) is 4.69. The molecule has 1 amide bonds. The van der Waals surface area contributed by atoms with Gasteiger partial charge < -0.3 is 25.3 Å². The number of aliphatic imine (C=N–C) groups is 1. The summed E-state index contributed by atoms with van der Waals surface area (Å²) in [6.07, 6.45) is -0.750. The quantitative estimate of drug-likeness (QED) is 0.391. The predicted octanol–water partition coefficient (Wildman–Crippen LogP) is 4.04. The second-order valence-corrected chi connectivity index (χ2v) is 7.06. The van der Waals surface area contributed by atoms with Crippen LogP contribution in [0.4, 0.5) is 4.79 Å². The molecular formula is C25H27N3O4. The fourth-order valence-corrected chi connectivity index (χ4v) is 2.91. The number of nitrogens with zero attached hydrogens (tertiary/aromatic N) is 1. The minimum atomic E-state index is -0.750. The Morgan fingerprint density at radius 3 is 2.03 bits per heavy atom. The molecule has 3 aromatic rings. The number of amidine groups is 1. The summed E-state index contributed by atoms with van der Waals surface area (Å²) in [5.74, 6) is 1.51. The Hall–Kier alpha value is -3.84. The molecular weight excluding hydrogens is 406 g/mol. The normalized spacial score (nSPS) is 11.1. The highest BCUT2D eigenvalue weighted by atomic mass is 16.5. The lowest BCUT2D eigenvalue weighted by Gasteiger charge is -2.08. The summed E-state index contributed by atoms with van der Waals surface area (Å²) in [6, 6.07) is 22.5. The van der Waals surface area contributed by atoms with Crippen molar-refractivity contribution in [1.82, 2.24) is 5.32 Å². The van der Waals surface area contributed by atoms with Gasteiger partial charge in [0.25, 0.3) is 0 Å². The van der Waals surface area contributed by atoms with Gasteiger partial charge in [0, 0.05) is 12.1 Å². The highest BCUT2D eigenvalue weighted by molar-refractivity contribution is 6.02. The fourth-order valence-electron chi connectivity index (χ4n) is 2.91. The van der Waals surface area contributed by atoms with E-state index < -0.39 is 6.09 Å². The van der Waals surface area contributed by atoms with Crippen LogP contribution in [-0.2, 0) is 24.5 Å². The second kappa shape index (κ2) is 11.5. The Labute approximate surface area is 187 Å². The van der Waals surface area contributed by atoms with Crippen molar-refractivity contribution in [1.29, 1.82) is 0 Å². The van der Waals surface area contributed by atoms with Gasteiger partial charge in [-0.05, 0) is 60.1 Å². The van der Waals surface area contributed by atoms with E-state index in [9.17, 15) is 4.79 Å². The molecule has 0 aliphatic heterocycles. The highest BCUT2D eigenvalue weighted by Crippen LogP contribution is 2.15. The van der Waals surface area contributed by atoms with Crippen LogP contribution in [0.5, 0.6) is 11.5 Å². The van der Waals surface area contributed by atoms with Gasteiger partial charge in [-0.1, -0.05) is 36.4 Å². The van der Waals surface area contributed by atoms with Crippen molar-refractivity contribution in [2.45, 2.75) is 19.8 Å². The number of nitrogens with one attached hydrogen (secondary N) is 1. The lowest BCUT2D eigenvalue weighted by Crippen LogP contribution is -2.16. The smallest absolute Gasteiger partial charge is 0.435 e. The molecule has 0 saturated heterocycles. The first-order valence-corrected chi connectivity index (χ1v) is 10.2. The van der Waals surface area contributed by atoms with E-state index in [1.54, 1.807) is 43.5 Å². The first-order chi connectivity index (χ1) is 15.6. The summed E-state index contributed by atoms with van der Waals surface area (Å²) in [6.45, 7) is 1.39. The van der Waals surface area contributed by atoms with Crippen LogP contribution >= 0.6 is 0 Å². The highest BCUT2D eigenvalue weighted by Gasteiger charge is 2.06. The van der Waals surface area contributed by atoms with E-state index >= 15 is 0 Å². The summed E-state index contributed by atoms with van der Waals surface area (Å²) in [5.41, 5.74) is 9.67. The average molecular weight is 434 g/mol. The molecule has 0 aliphatic carbocycles. The van der Waals surface area contributed by atoms with Gasteiger partial charge in [-0.15, -0.1) is 0 Å². The molecule has 3 rings (SSSR count). The van der Waals surface area contributed by atoms with Crippen molar-refractivity contribution in [2.24, 2.45) is 10.7 Å². The summed E-state index contributed by atoms with van der Waals surface area (Å²) in [4.78, 5) is 15.8. The Bertz CT molecular complexity index is 1030. The largest absolute Gasteiger partial charge is 0.497 e. The Morgan fingerprint density at radius 2 is 1.41 bits per heavy atom. The number of ether oxygens (including phenoxy) is 3. The summed E-state index contributed by atoms with van der Waals surface area (Å²) < 4.78 is 16.1. The van der Waals surface area contributed by atoms with E-state index in [4.69, 9.17) is 19.9 Å². The van der Waals surface area contributed by atoms with Crippen LogP contribution in [0.1, 0.15) is 22.3 Å². The van der Waals surface area contributed by atoms with Crippen molar-refractivity contribution in [3.05, 3.63) is 95.1 Å². The predicted molar refractivity (Wildman–Crippen MR) is 124 cm³/mol. The van der Waals surface area contributed by atoms with Crippen LogP contribution < -0.4 is 20.5 Å². The van der Waals surface area contributed by atoms with Crippen LogP contribution in [0.2, 0.25) is 0 Å². The molecule has 0 unspecified atom stereocenters. The molecule has 0 fully saturated rings. The molecule has 7 heteroatoms. The van der Waals surface area contributed by atoms with Crippen LogP contribution in [0.3, 0.4) is 0 Å². The molecule has 7 nitrogen and oxygen atoms in total. The van der Waals surface area contributed by atoms with Crippen molar-refractivity contribution in [2.75, 3.05) is 14.2 Å². The molecule has 0 aromatic heterocycles. The van der Waals surface area contributed by atoms with Crippen molar-refractivity contribution >= 4 is 11.9 Å². The van der Waals surface area contributed by atoms with Crippen LogP contribution in [0.25, 0.3) is 0 Å². The van der Waals surface area contributed by atoms with Gasteiger partial charge in [-0.2, -0.15) is 4.99 Å². The maximum atomic E-state index is 12.0. The van der Waals surface area contributed by atoms with E-state index in [0.717, 1.165) is 23.4 Å². The summed E-state index contributed by atoms with van der Waals surface area (Å²) in [5, 5.41) is 3.12. The van der Waals surface area contributed by atoms with E-state index in [-0.39, 0.29) is 12.4 Å². The number of carbonyl (C=O) groups is 1. The molecule has 0 radical (unpaired) electrons. The molecule has 3 N–H and O–H groups in total. The molecule has 0 spiro atoms. The number of hydrogen-bond acceptors (Lipinski definition) is 5. The maximum Gasteiger partial charge on any atom is 0.435 e. The van der Waals surface area contributed by atoms with Gasteiger partial charge in [-0.25, -0.2) is 4.79 Å². The molecule has 3 aromatic carbocycles. The minimum absolute atomic E-state index is 0.0800. The van der Waals surface area contributed by atoms with Crippen LogP contribution in [0, 0.1) is 0 Å². The van der Waals surface area contributed by atoms with E-state index in [1.165, 1.54) is 5.56 Å². The lowest BCUT2D eigenvalue weighted by molar-refractivity contribution is 0.151. The van der Waals surface area contributed by atoms with Crippen molar-refractivity contribution in [3.8, 4) is 11.5 Å². The number of benzene rings is 3. The molecule has 0 heterocycles.